The van der Waals surface area contributed by atoms with Crippen LogP contribution in [0.4, 0.5) is 8.78 Å². The van der Waals surface area contributed by atoms with Gasteiger partial charge in [0, 0.05) is 17.7 Å². The molecule has 116 valence electrons. The van der Waals surface area contributed by atoms with Gasteiger partial charge in [0.1, 0.15) is 0 Å². The molecule has 1 N–H and O–H groups in total. The number of carbonyl (C=O) groups excluding carboxylic acids is 1. The Labute approximate surface area is 129 Å². The fourth-order valence-corrected chi connectivity index (χ4v) is 2.21. The van der Waals surface area contributed by atoms with Crippen molar-refractivity contribution in [2.45, 2.75) is 26.2 Å². The maximum Gasteiger partial charge on any atom is 0.251 e. The molecular weight excluding hydrogens is 284 g/mol. The van der Waals surface area contributed by atoms with Crippen molar-refractivity contribution in [3.8, 4) is 11.1 Å². The van der Waals surface area contributed by atoms with Crippen molar-refractivity contribution in [3.05, 3.63) is 59.7 Å². The van der Waals surface area contributed by atoms with E-state index in [1.165, 1.54) is 12.1 Å². The van der Waals surface area contributed by atoms with E-state index >= 15 is 0 Å². The van der Waals surface area contributed by atoms with Crippen molar-refractivity contribution >= 4 is 5.91 Å². The van der Waals surface area contributed by atoms with Crippen LogP contribution in [0.15, 0.2) is 42.5 Å². The van der Waals surface area contributed by atoms with E-state index in [-0.39, 0.29) is 11.5 Å². The molecule has 0 fully saturated rings. The first-order chi connectivity index (χ1) is 10.6. The molecular formula is C18H19F2NO. The van der Waals surface area contributed by atoms with E-state index in [1.807, 2.05) is 0 Å². The van der Waals surface area contributed by atoms with Crippen LogP contribution in [-0.4, -0.2) is 12.5 Å². The molecule has 0 radical (unpaired) electrons. The van der Waals surface area contributed by atoms with Gasteiger partial charge in [0.25, 0.3) is 5.91 Å². The van der Waals surface area contributed by atoms with E-state index < -0.39 is 11.6 Å². The number of hydrogen-bond donors (Lipinski definition) is 1. The summed E-state index contributed by atoms with van der Waals surface area (Å²) in [6, 6.07) is 10.5. The number of hydrogen-bond acceptors (Lipinski definition) is 1. The van der Waals surface area contributed by atoms with E-state index in [1.54, 1.807) is 24.3 Å². The molecule has 22 heavy (non-hydrogen) atoms. The highest BCUT2D eigenvalue weighted by atomic mass is 19.2. The normalized spacial score (nSPS) is 10.5. The SMILES string of the molecule is CCCCCNC(=O)c1ccc(-c2cccc(F)c2F)cc1. The standard InChI is InChI=1S/C18H19F2NO/c1-2-3-4-12-21-18(22)14-10-8-13(9-11-14)15-6-5-7-16(19)17(15)20/h5-11H,2-4,12H2,1H3,(H,21,22). The number of benzene rings is 2. The van der Waals surface area contributed by atoms with Crippen molar-refractivity contribution in [1.29, 1.82) is 0 Å². The van der Waals surface area contributed by atoms with Gasteiger partial charge in [-0.25, -0.2) is 8.78 Å². The number of carbonyl (C=O) groups is 1. The molecule has 0 heterocycles. The van der Waals surface area contributed by atoms with E-state index in [4.69, 9.17) is 0 Å². The highest BCUT2D eigenvalue weighted by Crippen LogP contribution is 2.24. The Morgan fingerprint density at radius 1 is 1.05 bits per heavy atom. The summed E-state index contributed by atoms with van der Waals surface area (Å²) in [6.07, 6.45) is 3.14. The summed E-state index contributed by atoms with van der Waals surface area (Å²) in [5, 5.41) is 2.84. The predicted octanol–water partition coefficient (Wildman–Crippen LogP) is 4.55. The minimum absolute atomic E-state index is 0.151. The van der Waals surface area contributed by atoms with Crippen LogP contribution in [-0.2, 0) is 0 Å². The summed E-state index contributed by atoms with van der Waals surface area (Å²) >= 11 is 0. The molecule has 0 atom stereocenters. The maximum atomic E-state index is 13.7. The Morgan fingerprint density at radius 2 is 1.77 bits per heavy atom. The molecule has 0 unspecified atom stereocenters. The van der Waals surface area contributed by atoms with Gasteiger partial charge in [0.05, 0.1) is 0 Å². The van der Waals surface area contributed by atoms with Crippen LogP contribution in [0.5, 0.6) is 0 Å². The van der Waals surface area contributed by atoms with Crippen LogP contribution in [0.3, 0.4) is 0 Å². The zero-order valence-electron chi connectivity index (χ0n) is 12.5. The molecule has 0 aliphatic carbocycles. The fourth-order valence-electron chi connectivity index (χ4n) is 2.21. The molecule has 4 heteroatoms. The van der Waals surface area contributed by atoms with Gasteiger partial charge in [-0.05, 0) is 30.2 Å². The molecule has 1 amide bonds. The second kappa shape index (κ2) is 7.69. The average molecular weight is 303 g/mol. The van der Waals surface area contributed by atoms with Gasteiger partial charge in [-0.15, -0.1) is 0 Å². The van der Waals surface area contributed by atoms with Gasteiger partial charge >= 0.3 is 0 Å². The largest absolute Gasteiger partial charge is 0.352 e. The summed E-state index contributed by atoms with van der Waals surface area (Å²) in [5.41, 5.74) is 1.24. The Morgan fingerprint density at radius 3 is 2.45 bits per heavy atom. The van der Waals surface area contributed by atoms with Crippen molar-refractivity contribution < 1.29 is 13.6 Å². The van der Waals surface area contributed by atoms with Crippen LogP contribution in [0.2, 0.25) is 0 Å². The first-order valence-corrected chi connectivity index (χ1v) is 7.46. The highest BCUT2D eigenvalue weighted by molar-refractivity contribution is 5.94. The third-order valence-corrected chi connectivity index (χ3v) is 3.48. The number of nitrogens with one attached hydrogen (secondary N) is 1. The van der Waals surface area contributed by atoms with Crippen molar-refractivity contribution in [2.24, 2.45) is 0 Å². The van der Waals surface area contributed by atoms with Crippen molar-refractivity contribution in [1.82, 2.24) is 5.32 Å². The van der Waals surface area contributed by atoms with Crippen LogP contribution >= 0.6 is 0 Å². The fraction of sp³-hybridized carbons (Fsp3) is 0.278. The Kier molecular flexibility index (Phi) is 5.64. The van der Waals surface area contributed by atoms with Gasteiger partial charge in [0.15, 0.2) is 11.6 Å². The number of rotatable bonds is 6. The Balaban J connectivity index is 2.07. The summed E-state index contributed by atoms with van der Waals surface area (Å²) in [6.45, 7) is 2.75. The van der Waals surface area contributed by atoms with Gasteiger partial charge in [-0.1, -0.05) is 44.0 Å². The van der Waals surface area contributed by atoms with E-state index in [0.29, 0.717) is 17.7 Å². The number of unbranched alkanes of at least 4 members (excludes halogenated alkanes) is 2. The van der Waals surface area contributed by atoms with Gasteiger partial charge in [-0.3, -0.25) is 4.79 Å². The monoisotopic (exact) mass is 303 g/mol. The van der Waals surface area contributed by atoms with Crippen molar-refractivity contribution in [3.63, 3.8) is 0 Å². The molecule has 0 saturated carbocycles. The third-order valence-electron chi connectivity index (χ3n) is 3.48. The molecule has 0 aliphatic rings. The molecule has 2 nitrogen and oxygen atoms in total. The Bertz CT molecular complexity index is 638. The topological polar surface area (TPSA) is 29.1 Å². The molecule has 2 rings (SSSR count). The zero-order chi connectivity index (χ0) is 15.9. The molecule has 0 aliphatic heterocycles. The minimum atomic E-state index is -0.879. The first-order valence-electron chi connectivity index (χ1n) is 7.46. The Hall–Kier alpha value is -2.23. The number of amides is 1. The second-order valence-electron chi connectivity index (χ2n) is 5.14. The molecule has 0 spiro atoms. The van der Waals surface area contributed by atoms with E-state index in [0.717, 1.165) is 25.3 Å². The highest BCUT2D eigenvalue weighted by Gasteiger charge is 2.10. The van der Waals surface area contributed by atoms with Crippen LogP contribution in [0.25, 0.3) is 11.1 Å². The summed E-state index contributed by atoms with van der Waals surface area (Å²) < 4.78 is 27.0. The van der Waals surface area contributed by atoms with E-state index in [9.17, 15) is 13.6 Å². The molecule has 0 bridgehead atoms. The van der Waals surface area contributed by atoms with Gasteiger partial charge < -0.3 is 5.32 Å². The quantitative estimate of drug-likeness (QED) is 0.779. The predicted molar refractivity (Wildman–Crippen MR) is 83.7 cm³/mol. The molecule has 2 aromatic carbocycles. The van der Waals surface area contributed by atoms with Gasteiger partial charge in [-0.2, -0.15) is 0 Å². The lowest BCUT2D eigenvalue weighted by Crippen LogP contribution is -2.24. The van der Waals surface area contributed by atoms with Crippen LogP contribution in [0.1, 0.15) is 36.5 Å². The minimum Gasteiger partial charge on any atom is -0.352 e. The third kappa shape index (κ3) is 3.91. The van der Waals surface area contributed by atoms with E-state index in [2.05, 4.69) is 12.2 Å². The average Bonchev–Trinajstić information content (AvgIpc) is 2.54. The summed E-state index contributed by atoms with van der Waals surface area (Å²) in [5.74, 6) is -1.91. The number of halogens is 2. The van der Waals surface area contributed by atoms with Crippen LogP contribution < -0.4 is 5.32 Å². The van der Waals surface area contributed by atoms with Crippen molar-refractivity contribution in [2.75, 3.05) is 6.54 Å². The summed E-state index contributed by atoms with van der Waals surface area (Å²) in [4.78, 5) is 11.9. The molecule has 0 saturated heterocycles. The first kappa shape index (κ1) is 16.1. The van der Waals surface area contributed by atoms with Crippen LogP contribution in [0, 0.1) is 11.6 Å². The maximum absolute atomic E-state index is 13.7. The lowest BCUT2D eigenvalue weighted by Gasteiger charge is -2.07. The zero-order valence-corrected chi connectivity index (χ0v) is 12.5. The molecule has 0 aromatic heterocycles. The summed E-state index contributed by atoms with van der Waals surface area (Å²) in [7, 11) is 0. The van der Waals surface area contributed by atoms with Gasteiger partial charge in [0.2, 0.25) is 0 Å². The smallest absolute Gasteiger partial charge is 0.251 e. The molecule has 2 aromatic rings. The lowest BCUT2D eigenvalue weighted by atomic mass is 10.0. The lowest BCUT2D eigenvalue weighted by molar-refractivity contribution is 0.0953. The second-order valence-corrected chi connectivity index (χ2v) is 5.14.